The minimum absolute atomic E-state index is 0.777. The van der Waals surface area contributed by atoms with Crippen LogP contribution in [0.3, 0.4) is 0 Å². The summed E-state index contributed by atoms with van der Waals surface area (Å²) in [5.74, 6) is 0. The fraction of sp³-hybridized carbons (Fsp3) is 0. The molecule has 0 unspecified atom stereocenters. The fourth-order valence-corrected chi connectivity index (χ4v) is 1.91. The van der Waals surface area contributed by atoms with E-state index in [2.05, 4.69) is 30.2 Å². The zero-order chi connectivity index (χ0) is 9.83. The number of aromatic amines is 1. The zero-order valence-electron chi connectivity index (χ0n) is 7.47. The van der Waals surface area contributed by atoms with Crippen molar-refractivity contribution < 1.29 is 0 Å². The van der Waals surface area contributed by atoms with Crippen molar-refractivity contribution >= 4 is 35.0 Å². The molecule has 2 aromatic rings. The Morgan fingerprint density at radius 1 is 0.933 bits per heavy atom. The van der Waals surface area contributed by atoms with Crippen molar-refractivity contribution in [1.82, 2.24) is 10.2 Å². The summed E-state index contributed by atoms with van der Waals surface area (Å²) in [4.78, 5) is 16.8. The maximum atomic E-state index is 4.21. The summed E-state index contributed by atoms with van der Waals surface area (Å²) in [5, 5.41) is 9.42. The van der Waals surface area contributed by atoms with Gasteiger partial charge in [-0.15, -0.1) is 0 Å². The van der Waals surface area contributed by atoms with Gasteiger partial charge in [-0.25, -0.2) is 20.0 Å². The minimum Gasteiger partial charge on any atom is -0.275 e. The Kier molecular flexibility index (Phi) is 1.01. The average Bonchev–Trinajstić information content (AvgIpc) is 2.97. The molecule has 2 aliphatic heterocycles. The van der Waals surface area contributed by atoms with Crippen molar-refractivity contribution in [3.8, 4) is 0 Å². The van der Waals surface area contributed by atoms with Gasteiger partial charge >= 0.3 is 0 Å². The van der Waals surface area contributed by atoms with E-state index in [1.54, 1.807) is 6.20 Å². The van der Waals surface area contributed by atoms with Gasteiger partial charge in [-0.3, -0.25) is 5.10 Å². The van der Waals surface area contributed by atoms with Crippen LogP contribution in [0.2, 0.25) is 0 Å². The monoisotopic (exact) mass is 196 g/mol. The summed E-state index contributed by atoms with van der Waals surface area (Å²) < 4.78 is 0. The molecule has 4 rings (SSSR count). The summed E-state index contributed by atoms with van der Waals surface area (Å²) in [7, 11) is 0. The molecular weight excluding hydrogens is 192 g/mol. The van der Waals surface area contributed by atoms with E-state index in [0.717, 1.165) is 33.0 Å². The maximum absolute atomic E-state index is 4.21. The van der Waals surface area contributed by atoms with Crippen LogP contribution in [0.5, 0.6) is 0 Å². The number of nitrogens with zero attached hydrogens (tertiary/aromatic N) is 5. The predicted octanol–water partition coefficient (Wildman–Crippen LogP) is 0.149. The van der Waals surface area contributed by atoms with Crippen molar-refractivity contribution in [3.63, 3.8) is 0 Å². The molecule has 1 N–H and O–H groups in total. The number of fused-ring (bicyclic) bond motifs is 6. The van der Waals surface area contributed by atoms with Gasteiger partial charge in [0, 0.05) is 5.39 Å². The number of hydrogen-bond acceptors (Lipinski definition) is 5. The zero-order valence-corrected chi connectivity index (χ0v) is 7.47. The molecular formula is C9H4N6. The van der Waals surface area contributed by atoms with Gasteiger partial charge in [-0.05, 0) is 0 Å². The van der Waals surface area contributed by atoms with E-state index in [-0.39, 0.29) is 0 Å². The number of rotatable bonds is 0. The van der Waals surface area contributed by atoms with E-state index >= 15 is 0 Å². The van der Waals surface area contributed by atoms with Gasteiger partial charge in [0.2, 0.25) is 0 Å². The first-order chi connectivity index (χ1) is 7.45. The standard InChI is InChI=1S/C9H4N6/c1-4-5-7(11-2-10-5)9-8(12-3-13-9)6(4)15-14-1/h1-3H,(H,14,15). The molecule has 0 fully saturated rings. The third-order valence-electron chi connectivity index (χ3n) is 2.55. The topological polar surface area (TPSA) is 78.1 Å². The molecule has 0 saturated carbocycles. The van der Waals surface area contributed by atoms with Crippen LogP contribution in [0.4, 0.5) is 11.4 Å². The molecule has 6 heteroatoms. The normalized spacial score (nSPS) is 15.2. The Hall–Kier alpha value is -2.37. The highest BCUT2D eigenvalue weighted by Gasteiger charge is 2.17. The second-order valence-electron chi connectivity index (χ2n) is 3.30. The first-order valence-electron chi connectivity index (χ1n) is 4.45. The van der Waals surface area contributed by atoms with Crippen LogP contribution in [-0.2, 0) is 0 Å². The van der Waals surface area contributed by atoms with Crippen LogP contribution < -0.4 is 10.7 Å². The molecule has 0 radical (unpaired) electrons. The molecule has 6 nitrogen and oxygen atoms in total. The van der Waals surface area contributed by atoms with Crippen molar-refractivity contribution in [2.24, 2.45) is 20.0 Å². The third-order valence-corrected chi connectivity index (χ3v) is 2.55. The number of hydrogen-bond donors (Lipinski definition) is 1. The quantitative estimate of drug-likeness (QED) is 0.639. The smallest absolute Gasteiger partial charge is 0.121 e. The molecule has 0 spiro atoms. The van der Waals surface area contributed by atoms with Gasteiger partial charge in [-0.2, -0.15) is 5.10 Å². The Bertz CT molecular complexity index is 700. The van der Waals surface area contributed by atoms with E-state index in [1.807, 2.05) is 0 Å². The third kappa shape index (κ3) is 0.687. The Morgan fingerprint density at radius 3 is 2.53 bits per heavy atom. The van der Waals surface area contributed by atoms with Gasteiger partial charge in [0.1, 0.15) is 34.8 Å². The second kappa shape index (κ2) is 2.17. The highest BCUT2D eigenvalue weighted by atomic mass is 15.1. The Balaban J connectivity index is 2.46. The van der Waals surface area contributed by atoms with E-state index in [9.17, 15) is 0 Å². The second-order valence-corrected chi connectivity index (χ2v) is 3.30. The van der Waals surface area contributed by atoms with Crippen LogP contribution in [-0.4, -0.2) is 22.9 Å². The number of nitrogens with one attached hydrogen (secondary N) is 1. The van der Waals surface area contributed by atoms with E-state index in [0.29, 0.717) is 0 Å². The highest BCUT2D eigenvalue weighted by Crippen LogP contribution is 2.27. The molecule has 1 aromatic heterocycles. The summed E-state index contributed by atoms with van der Waals surface area (Å²) >= 11 is 0. The first-order valence-corrected chi connectivity index (χ1v) is 4.45. The van der Waals surface area contributed by atoms with Crippen LogP contribution in [0.1, 0.15) is 0 Å². The van der Waals surface area contributed by atoms with Crippen molar-refractivity contribution in [3.05, 3.63) is 16.9 Å². The Labute approximate surface area is 82.8 Å². The fourth-order valence-electron chi connectivity index (χ4n) is 1.91. The van der Waals surface area contributed by atoms with E-state index in [1.165, 1.54) is 12.7 Å². The molecule has 0 amide bonds. The largest absolute Gasteiger partial charge is 0.275 e. The minimum atomic E-state index is 0.777. The summed E-state index contributed by atoms with van der Waals surface area (Å²) in [6.07, 6.45) is 4.80. The number of aromatic nitrogens is 2. The van der Waals surface area contributed by atoms with Crippen molar-refractivity contribution in [2.45, 2.75) is 0 Å². The molecule has 3 heterocycles. The number of aliphatic imine (C=N–C) groups is 2. The lowest BCUT2D eigenvalue weighted by atomic mass is 10.2. The molecule has 15 heavy (non-hydrogen) atoms. The van der Waals surface area contributed by atoms with Gasteiger partial charge < -0.3 is 0 Å². The molecule has 1 aromatic carbocycles. The van der Waals surface area contributed by atoms with Gasteiger partial charge in [-0.1, -0.05) is 0 Å². The van der Waals surface area contributed by atoms with Gasteiger partial charge in [0.05, 0.1) is 11.7 Å². The maximum Gasteiger partial charge on any atom is 0.121 e. The highest BCUT2D eigenvalue weighted by molar-refractivity contribution is 6.00. The van der Waals surface area contributed by atoms with E-state index in [4.69, 9.17) is 0 Å². The van der Waals surface area contributed by atoms with Crippen LogP contribution >= 0.6 is 0 Å². The molecule has 70 valence electrons. The van der Waals surface area contributed by atoms with Gasteiger partial charge in [0.15, 0.2) is 0 Å². The number of H-pyrrole nitrogens is 1. The van der Waals surface area contributed by atoms with Crippen molar-refractivity contribution in [2.75, 3.05) is 0 Å². The van der Waals surface area contributed by atoms with Gasteiger partial charge in [0.25, 0.3) is 0 Å². The SMILES string of the molecule is C1=Nc2c(c3c(c4[nH]ncc24)N=CN=3)=N1. The van der Waals surface area contributed by atoms with Crippen molar-refractivity contribution in [1.29, 1.82) is 0 Å². The molecule has 0 bridgehead atoms. The lowest BCUT2D eigenvalue weighted by Gasteiger charge is -1.95. The summed E-state index contributed by atoms with van der Waals surface area (Å²) in [5.41, 5.74) is 2.50. The van der Waals surface area contributed by atoms with Crippen LogP contribution in [0.15, 0.2) is 26.2 Å². The summed E-state index contributed by atoms with van der Waals surface area (Å²) in [6, 6.07) is 0. The molecule has 0 aliphatic carbocycles. The lowest BCUT2D eigenvalue weighted by Crippen LogP contribution is -2.23. The predicted molar refractivity (Wildman–Crippen MR) is 54.7 cm³/mol. The lowest BCUT2D eigenvalue weighted by molar-refractivity contribution is 1.12. The number of benzene rings is 1. The molecule has 0 atom stereocenters. The van der Waals surface area contributed by atoms with Crippen LogP contribution in [0.25, 0.3) is 10.9 Å². The Morgan fingerprint density at radius 2 is 1.67 bits per heavy atom. The molecule has 0 saturated heterocycles. The van der Waals surface area contributed by atoms with Crippen LogP contribution in [0, 0.1) is 0 Å². The first kappa shape index (κ1) is 6.99. The summed E-state index contributed by atoms with van der Waals surface area (Å²) in [6.45, 7) is 0. The van der Waals surface area contributed by atoms with E-state index < -0.39 is 0 Å². The average molecular weight is 196 g/mol. The molecule has 2 aliphatic rings.